The number of likely N-dealkylation sites (tertiary alicyclic amines) is 2. The largest absolute Gasteiger partial charge is 0.471 e. The maximum atomic E-state index is 12.7. The Morgan fingerprint density at radius 2 is 1.41 bits per heavy atom. The number of piperidine rings is 1. The third-order valence-electron chi connectivity index (χ3n) is 5.52. The van der Waals surface area contributed by atoms with Crippen molar-refractivity contribution in [3.8, 4) is 0 Å². The zero-order valence-corrected chi connectivity index (χ0v) is 15.0. The van der Waals surface area contributed by atoms with Crippen LogP contribution in [-0.4, -0.2) is 90.6 Å². The number of morpholine rings is 1. The number of carbonyl (C=O) groups is 3. The SMILES string of the molecule is O=C(C1CCN(C(=O)C2CCCN2C(=O)C(F)(F)F)CC1)N1CCOCC1. The van der Waals surface area contributed by atoms with E-state index in [0.29, 0.717) is 63.6 Å². The Morgan fingerprint density at radius 3 is 2.00 bits per heavy atom. The molecular formula is C17H24F3N3O4. The highest BCUT2D eigenvalue weighted by Crippen LogP contribution is 2.28. The standard InChI is InChI=1S/C17H24F3N3O4/c18-17(19,20)16(26)23-5-1-2-13(23)15(25)21-6-3-12(4-7-21)14(24)22-8-10-27-11-9-22/h12-13H,1-11H2. The lowest BCUT2D eigenvalue weighted by Crippen LogP contribution is -2.53. The molecule has 3 heterocycles. The Bertz CT molecular complexity index is 584. The fourth-order valence-corrected chi connectivity index (χ4v) is 4.03. The lowest BCUT2D eigenvalue weighted by molar-refractivity contribution is -0.187. The third kappa shape index (κ3) is 4.36. The molecule has 7 nitrogen and oxygen atoms in total. The summed E-state index contributed by atoms with van der Waals surface area (Å²) in [5, 5.41) is 0. The van der Waals surface area contributed by atoms with Gasteiger partial charge in [0.05, 0.1) is 13.2 Å². The summed E-state index contributed by atoms with van der Waals surface area (Å²) >= 11 is 0. The van der Waals surface area contributed by atoms with E-state index in [9.17, 15) is 27.6 Å². The molecule has 10 heteroatoms. The Balaban J connectivity index is 1.55. The van der Waals surface area contributed by atoms with Gasteiger partial charge in [-0.05, 0) is 25.7 Å². The van der Waals surface area contributed by atoms with Crippen molar-refractivity contribution in [2.45, 2.75) is 37.9 Å². The highest BCUT2D eigenvalue weighted by Gasteiger charge is 2.48. The van der Waals surface area contributed by atoms with Gasteiger partial charge in [0, 0.05) is 38.6 Å². The Hall–Kier alpha value is -1.84. The van der Waals surface area contributed by atoms with Gasteiger partial charge in [0.1, 0.15) is 6.04 Å². The van der Waals surface area contributed by atoms with Crippen LogP contribution in [0.25, 0.3) is 0 Å². The molecule has 27 heavy (non-hydrogen) atoms. The van der Waals surface area contributed by atoms with E-state index in [1.165, 1.54) is 4.90 Å². The molecule has 0 aromatic rings. The maximum Gasteiger partial charge on any atom is 0.471 e. The number of halogens is 3. The fraction of sp³-hybridized carbons (Fsp3) is 0.824. The van der Waals surface area contributed by atoms with Crippen molar-refractivity contribution in [3.63, 3.8) is 0 Å². The number of carbonyl (C=O) groups excluding carboxylic acids is 3. The predicted octanol–water partition coefficient (Wildman–Crippen LogP) is 0.637. The van der Waals surface area contributed by atoms with E-state index in [4.69, 9.17) is 4.74 Å². The number of hydrogen-bond donors (Lipinski definition) is 0. The van der Waals surface area contributed by atoms with Crippen molar-refractivity contribution in [1.82, 2.24) is 14.7 Å². The van der Waals surface area contributed by atoms with Crippen LogP contribution in [0.5, 0.6) is 0 Å². The van der Waals surface area contributed by atoms with Crippen LogP contribution < -0.4 is 0 Å². The summed E-state index contributed by atoms with van der Waals surface area (Å²) in [6.07, 6.45) is -3.37. The zero-order chi connectivity index (χ0) is 19.6. The summed E-state index contributed by atoms with van der Waals surface area (Å²) in [4.78, 5) is 40.7. The number of amides is 3. The first-order chi connectivity index (χ1) is 12.8. The van der Waals surface area contributed by atoms with Gasteiger partial charge in [0.2, 0.25) is 11.8 Å². The summed E-state index contributed by atoms with van der Waals surface area (Å²) in [7, 11) is 0. The second-order valence-corrected chi connectivity index (χ2v) is 7.19. The average molecular weight is 391 g/mol. The minimum absolute atomic E-state index is 0.0548. The van der Waals surface area contributed by atoms with Gasteiger partial charge in [0.15, 0.2) is 0 Å². The van der Waals surface area contributed by atoms with Crippen LogP contribution in [0.2, 0.25) is 0 Å². The minimum atomic E-state index is -4.97. The van der Waals surface area contributed by atoms with Crippen LogP contribution in [0.15, 0.2) is 0 Å². The van der Waals surface area contributed by atoms with Gasteiger partial charge < -0.3 is 19.4 Å². The van der Waals surface area contributed by atoms with E-state index in [1.54, 1.807) is 4.90 Å². The molecule has 3 amide bonds. The normalized spacial score (nSPS) is 25.0. The van der Waals surface area contributed by atoms with Gasteiger partial charge in [0.25, 0.3) is 0 Å². The second-order valence-electron chi connectivity index (χ2n) is 7.19. The topological polar surface area (TPSA) is 70.2 Å². The number of alkyl halides is 3. The summed E-state index contributed by atoms with van der Waals surface area (Å²) in [5.41, 5.74) is 0. The van der Waals surface area contributed by atoms with Crippen LogP contribution >= 0.6 is 0 Å². The molecule has 0 N–H and O–H groups in total. The highest BCUT2D eigenvalue weighted by molar-refractivity contribution is 5.90. The maximum absolute atomic E-state index is 12.7. The highest BCUT2D eigenvalue weighted by atomic mass is 19.4. The van der Waals surface area contributed by atoms with Gasteiger partial charge in [-0.25, -0.2) is 0 Å². The summed E-state index contributed by atoms with van der Waals surface area (Å²) < 4.78 is 43.4. The van der Waals surface area contributed by atoms with Crippen molar-refractivity contribution in [1.29, 1.82) is 0 Å². The Kier molecular flexibility index (Phi) is 5.92. The van der Waals surface area contributed by atoms with Gasteiger partial charge in [-0.15, -0.1) is 0 Å². The first-order valence-electron chi connectivity index (χ1n) is 9.32. The quantitative estimate of drug-likeness (QED) is 0.693. The van der Waals surface area contributed by atoms with Gasteiger partial charge in [-0.3, -0.25) is 14.4 Å². The smallest absolute Gasteiger partial charge is 0.378 e. The first-order valence-corrected chi connectivity index (χ1v) is 9.32. The lowest BCUT2D eigenvalue weighted by atomic mass is 9.94. The molecule has 3 aliphatic heterocycles. The van der Waals surface area contributed by atoms with Gasteiger partial charge in [-0.2, -0.15) is 13.2 Å². The molecule has 0 bridgehead atoms. The van der Waals surface area contributed by atoms with Crippen molar-refractivity contribution < 1.29 is 32.3 Å². The molecule has 1 atom stereocenters. The monoisotopic (exact) mass is 391 g/mol. The molecule has 0 aromatic carbocycles. The molecule has 3 fully saturated rings. The van der Waals surface area contributed by atoms with E-state index < -0.39 is 24.0 Å². The fourth-order valence-electron chi connectivity index (χ4n) is 4.03. The van der Waals surface area contributed by atoms with Crippen LogP contribution in [0, 0.1) is 5.92 Å². The molecule has 0 aliphatic carbocycles. The van der Waals surface area contributed by atoms with E-state index in [-0.39, 0.29) is 24.8 Å². The van der Waals surface area contributed by atoms with Crippen molar-refractivity contribution in [2.75, 3.05) is 45.9 Å². The van der Waals surface area contributed by atoms with Crippen LogP contribution in [0.1, 0.15) is 25.7 Å². The van der Waals surface area contributed by atoms with E-state index in [1.807, 2.05) is 0 Å². The van der Waals surface area contributed by atoms with Crippen LogP contribution in [-0.2, 0) is 19.1 Å². The Morgan fingerprint density at radius 1 is 0.815 bits per heavy atom. The molecule has 0 radical (unpaired) electrons. The zero-order valence-electron chi connectivity index (χ0n) is 15.0. The van der Waals surface area contributed by atoms with Gasteiger partial charge >= 0.3 is 12.1 Å². The number of hydrogen-bond acceptors (Lipinski definition) is 4. The summed E-state index contributed by atoms with van der Waals surface area (Å²) in [5.74, 6) is -2.51. The Labute approximate surface area is 155 Å². The summed E-state index contributed by atoms with van der Waals surface area (Å²) in [6, 6.07) is -1.05. The minimum Gasteiger partial charge on any atom is -0.378 e. The molecule has 152 valence electrons. The third-order valence-corrected chi connectivity index (χ3v) is 5.52. The van der Waals surface area contributed by atoms with Crippen molar-refractivity contribution >= 4 is 17.7 Å². The van der Waals surface area contributed by atoms with E-state index in [2.05, 4.69) is 0 Å². The molecule has 3 rings (SSSR count). The number of rotatable bonds is 2. The second kappa shape index (κ2) is 8.04. The molecule has 0 saturated carbocycles. The van der Waals surface area contributed by atoms with Crippen LogP contribution in [0.3, 0.4) is 0 Å². The van der Waals surface area contributed by atoms with E-state index >= 15 is 0 Å². The number of ether oxygens (including phenoxy) is 1. The van der Waals surface area contributed by atoms with Crippen LogP contribution in [0.4, 0.5) is 13.2 Å². The van der Waals surface area contributed by atoms with Gasteiger partial charge in [-0.1, -0.05) is 0 Å². The molecule has 3 aliphatic rings. The predicted molar refractivity (Wildman–Crippen MR) is 87.5 cm³/mol. The lowest BCUT2D eigenvalue weighted by Gasteiger charge is -2.37. The number of nitrogens with zero attached hydrogens (tertiary/aromatic N) is 3. The molecule has 1 unspecified atom stereocenters. The molecule has 0 aromatic heterocycles. The van der Waals surface area contributed by atoms with E-state index in [0.717, 1.165) is 0 Å². The molecule has 0 spiro atoms. The summed E-state index contributed by atoms with van der Waals surface area (Å²) in [6.45, 7) is 2.76. The molecular weight excluding hydrogens is 367 g/mol. The van der Waals surface area contributed by atoms with Crippen molar-refractivity contribution in [2.24, 2.45) is 5.92 Å². The average Bonchev–Trinajstić information content (AvgIpc) is 3.16. The first kappa shape index (κ1) is 19.9. The molecule has 3 saturated heterocycles. The van der Waals surface area contributed by atoms with Crippen molar-refractivity contribution in [3.05, 3.63) is 0 Å².